The van der Waals surface area contributed by atoms with E-state index in [2.05, 4.69) is 0 Å². The number of rotatable bonds is 10. The molecular weight excluding hydrogens is 456 g/mol. The molecule has 0 bridgehead atoms. The van der Waals surface area contributed by atoms with Gasteiger partial charge >= 0.3 is 11.9 Å². The Morgan fingerprint density at radius 1 is 0.667 bits per heavy atom. The molecule has 2 atom stereocenters. The van der Waals surface area contributed by atoms with E-state index >= 15 is 0 Å². The number of esters is 2. The van der Waals surface area contributed by atoms with Crippen molar-refractivity contribution >= 4 is 33.5 Å². The highest BCUT2D eigenvalue weighted by atomic mass is 16.6. The second kappa shape index (κ2) is 10.8. The van der Waals surface area contributed by atoms with E-state index in [9.17, 15) is 9.59 Å². The first-order chi connectivity index (χ1) is 17.5. The lowest BCUT2D eigenvalue weighted by atomic mass is 9.82. The number of carbonyl (C=O) groups excluding carboxylic acids is 2. The van der Waals surface area contributed by atoms with Gasteiger partial charge in [-0.05, 0) is 51.4 Å². The van der Waals surface area contributed by atoms with E-state index in [0.29, 0.717) is 23.3 Å². The predicted octanol–water partition coefficient (Wildman–Crippen LogP) is 6.21. The van der Waals surface area contributed by atoms with Crippen molar-refractivity contribution in [2.75, 3.05) is 13.2 Å². The monoisotopic (exact) mass is 490 g/mol. The predicted molar refractivity (Wildman–Crippen MR) is 138 cm³/mol. The lowest BCUT2D eigenvalue weighted by Gasteiger charge is -2.30. The van der Waals surface area contributed by atoms with Crippen molar-refractivity contribution in [3.8, 4) is 11.5 Å². The van der Waals surface area contributed by atoms with Crippen LogP contribution in [0.2, 0.25) is 0 Å². The van der Waals surface area contributed by atoms with Crippen LogP contribution in [0.4, 0.5) is 0 Å². The van der Waals surface area contributed by atoms with Crippen molar-refractivity contribution in [3.05, 3.63) is 48.5 Å². The van der Waals surface area contributed by atoms with E-state index in [4.69, 9.17) is 18.9 Å². The van der Waals surface area contributed by atoms with Gasteiger partial charge in [0.25, 0.3) is 0 Å². The number of benzene rings is 3. The summed E-state index contributed by atoms with van der Waals surface area (Å²) in [5, 5.41) is 3.23. The van der Waals surface area contributed by atoms with Crippen LogP contribution in [-0.2, 0) is 19.1 Å². The van der Waals surface area contributed by atoms with Crippen LogP contribution >= 0.6 is 0 Å². The number of fused-ring (bicyclic) bond motifs is 2. The van der Waals surface area contributed by atoms with Crippen LogP contribution < -0.4 is 9.47 Å². The van der Waals surface area contributed by atoms with Gasteiger partial charge in [0.2, 0.25) is 0 Å². The first-order valence-electron chi connectivity index (χ1n) is 13.1. The molecule has 0 saturated heterocycles. The number of hydrogen-bond acceptors (Lipinski definition) is 6. The van der Waals surface area contributed by atoms with E-state index in [-0.39, 0.29) is 37.4 Å². The Hall–Kier alpha value is -3.28. The molecule has 2 saturated carbocycles. The second-order valence-electron chi connectivity index (χ2n) is 10.1. The van der Waals surface area contributed by atoms with Crippen LogP contribution in [0.1, 0.15) is 52.4 Å². The second-order valence-corrected chi connectivity index (χ2v) is 10.1. The minimum atomic E-state index is -0.369. The molecule has 2 unspecified atom stereocenters. The molecule has 0 heterocycles. The largest absolute Gasteiger partial charge is 0.481 e. The van der Waals surface area contributed by atoms with Gasteiger partial charge < -0.3 is 18.9 Å². The van der Waals surface area contributed by atoms with Crippen molar-refractivity contribution in [2.45, 2.75) is 64.6 Å². The standard InChI is InChI=1S/C30H34O6/c1-19(21-9-7-10-21)35-27(31)17-33-29-23-13-3-5-15-25(23)30(26-16-6-4-14-24(26)29)34-18-28(32)36-20(2)22-11-8-12-22/h3-6,13-16,19-22H,7-12,17-18H2,1-2H3. The summed E-state index contributed by atoms with van der Waals surface area (Å²) in [5.41, 5.74) is 0. The smallest absolute Gasteiger partial charge is 0.344 e. The Balaban J connectivity index is 1.36. The third kappa shape index (κ3) is 5.13. The zero-order valence-corrected chi connectivity index (χ0v) is 21.0. The van der Waals surface area contributed by atoms with Crippen LogP contribution in [-0.4, -0.2) is 37.4 Å². The first kappa shape index (κ1) is 24.4. The summed E-state index contributed by atoms with van der Waals surface area (Å²) >= 11 is 0. The van der Waals surface area contributed by atoms with Crippen LogP contribution in [0.3, 0.4) is 0 Å². The molecule has 2 aliphatic carbocycles. The van der Waals surface area contributed by atoms with E-state index in [0.717, 1.165) is 47.2 Å². The van der Waals surface area contributed by atoms with Crippen molar-refractivity contribution in [1.29, 1.82) is 0 Å². The number of ether oxygens (including phenoxy) is 4. The third-order valence-corrected chi connectivity index (χ3v) is 7.76. The molecule has 3 aromatic carbocycles. The summed E-state index contributed by atoms with van der Waals surface area (Å²) in [7, 11) is 0. The highest BCUT2D eigenvalue weighted by molar-refractivity contribution is 6.11. The molecule has 0 radical (unpaired) electrons. The summed E-state index contributed by atoms with van der Waals surface area (Å²) in [5.74, 6) is 1.37. The topological polar surface area (TPSA) is 71.1 Å². The van der Waals surface area contributed by atoms with Gasteiger partial charge in [-0.25, -0.2) is 9.59 Å². The molecule has 3 aromatic rings. The zero-order chi connectivity index (χ0) is 25.1. The highest BCUT2D eigenvalue weighted by Gasteiger charge is 2.28. The van der Waals surface area contributed by atoms with Gasteiger partial charge in [0.1, 0.15) is 23.7 Å². The van der Waals surface area contributed by atoms with E-state index in [1.165, 1.54) is 12.8 Å². The summed E-state index contributed by atoms with van der Waals surface area (Å²) in [6.45, 7) is 3.57. The Kier molecular flexibility index (Phi) is 7.30. The normalized spacial score (nSPS) is 17.6. The van der Waals surface area contributed by atoms with Gasteiger partial charge in [-0.3, -0.25) is 0 Å². The Morgan fingerprint density at radius 3 is 1.28 bits per heavy atom. The summed E-state index contributed by atoms with van der Waals surface area (Å²) in [4.78, 5) is 25.1. The van der Waals surface area contributed by atoms with Crippen molar-refractivity contribution in [3.63, 3.8) is 0 Å². The Morgan fingerprint density at radius 2 is 1.00 bits per heavy atom. The quantitative estimate of drug-likeness (QED) is 0.248. The fourth-order valence-electron chi connectivity index (χ4n) is 5.12. The molecule has 5 rings (SSSR count). The van der Waals surface area contributed by atoms with Crippen LogP contribution in [0.15, 0.2) is 48.5 Å². The molecule has 6 heteroatoms. The average molecular weight is 491 g/mol. The molecule has 0 spiro atoms. The Labute approximate surface area is 211 Å². The van der Waals surface area contributed by atoms with E-state index in [1.54, 1.807) is 0 Å². The molecular formula is C30H34O6. The SMILES string of the molecule is CC(OC(=O)COc1c2ccccc2c(OCC(=O)OC(C)C2CCC2)c2ccccc12)C1CCC1. The molecule has 2 aliphatic rings. The summed E-state index contributed by atoms with van der Waals surface area (Å²) in [6.07, 6.45) is 6.66. The van der Waals surface area contributed by atoms with Crippen LogP contribution in [0.25, 0.3) is 21.5 Å². The van der Waals surface area contributed by atoms with Crippen molar-refractivity contribution in [2.24, 2.45) is 11.8 Å². The molecule has 0 amide bonds. The molecule has 190 valence electrons. The minimum Gasteiger partial charge on any atom is -0.481 e. The minimum absolute atomic E-state index is 0.0918. The van der Waals surface area contributed by atoms with E-state index < -0.39 is 0 Å². The number of hydrogen-bond donors (Lipinski definition) is 0. The maximum atomic E-state index is 12.5. The first-order valence-corrected chi connectivity index (χ1v) is 13.1. The van der Waals surface area contributed by atoms with E-state index in [1.807, 2.05) is 62.4 Å². The van der Waals surface area contributed by atoms with Gasteiger partial charge in [-0.2, -0.15) is 0 Å². The Bertz CT molecular complexity index is 1090. The molecule has 36 heavy (non-hydrogen) atoms. The fraction of sp³-hybridized carbons (Fsp3) is 0.467. The molecule has 6 nitrogen and oxygen atoms in total. The molecule has 0 aliphatic heterocycles. The van der Waals surface area contributed by atoms with Gasteiger partial charge in [-0.15, -0.1) is 0 Å². The maximum Gasteiger partial charge on any atom is 0.344 e. The van der Waals surface area contributed by atoms with Crippen molar-refractivity contribution in [1.82, 2.24) is 0 Å². The van der Waals surface area contributed by atoms with Gasteiger partial charge in [-0.1, -0.05) is 61.4 Å². The third-order valence-electron chi connectivity index (χ3n) is 7.76. The van der Waals surface area contributed by atoms with Crippen LogP contribution in [0, 0.1) is 11.8 Å². The lowest BCUT2D eigenvalue weighted by molar-refractivity contribution is -0.155. The van der Waals surface area contributed by atoms with Gasteiger partial charge in [0.05, 0.1) is 0 Å². The molecule has 2 fully saturated rings. The summed E-state index contributed by atoms with van der Waals surface area (Å²) in [6, 6.07) is 15.4. The summed E-state index contributed by atoms with van der Waals surface area (Å²) < 4.78 is 23.4. The fourth-order valence-corrected chi connectivity index (χ4v) is 5.12. The number of carbonyl (C=O) groups is 2. The average Bonchev–Trinajstić information content (AvgIpc) is 2.78. The van der Waals surface area contributed by atoms with Crippen LogP contribution in [0.5, 0.6) is 11.5 Å². The molecule has 0 N–H and O–H groups in total. The highest BCUT2D eigenvalue weighted by Crippen LogP contribution is 2.42. The van der Waals surface area contributed by atoms with Gasteiger partial charge in [0.15, 0.2) is 13.2 Å². The maximum absolute atomic E-state index is 12.5. The molecule has 0 aromatic heterocycles. The zero-order valence-electron chi connectivity index (χ0n) is 21.0. The lowest BCUT2D eigenvalue weighted by Crippen LogP contribution is -2.30. The van der Waals surface area contributed by atoms with Gasteiger partial charge in [0, 0.05) is 21.5 Å². The van der Waals surface area contributed by atoms with Crippen molar-refractivity contribution < 1.29 is 28.5 Å².